The van der Waals surface area contributed by atoms with Crippen LogP contribution in [0.3, 0.4) is 0 Å². The van der Waals surface area contributed by atoms with E-state index in [1.54, 1.807) is 12.1 Å². The van der Waals surface area contributed by atoms with E-state index in [9.17, 15) is 4.79 Å². The summed E-state index contributed by atoms with van der Waals surface area (Å²) in [6.45, 7) is 5.45. The van der Waals surface area contributed by atoms with Gasteiger partial charge in [0.05, 0.1) is 0 Å². The Hall–Kier alpha value is -1.51. The van der Waals surface area contributed by atoms with Gasteiger partial charge in [0.25, 0.3) is 0 Å². The molecule has 0 aliphatic heterocycles. The van der Waals surface area contributed by atoms with Crippen molar-refractivity contribution in [2.75, 3.05) is 11.9 Å². The normalized spacial score (nSPS) is 12.1. The molecule has 1 atom stereocenters. The van der Waals surface area contributed by atoms with Gasteiger partial charge in [0.2, 0.25) is 5.91 Å². The topological polar surface area (TPSA) is 55.1 Å². The van der Waals surface area contributed by atoms with E-state index in [1.165, 1.54) is 25.7 Å². The first-order chi connectivity index (χ1) is 8.67. The van der Waals surface area contributed by atoms with Crippen LogP contribution in [0.4, 0.5) is 5.69 Å². The molecule has 1 unspecified atom stereocenters. The Bertz CT molecular complexity index is 359. The molecule has 0 aliphatic rings. The third-order valence-electron chi connectivity index (χ3n) is 3.31. The fourth-order valence-electron chi connectivity index (χ4n) is 1.96. The first-order valence-electron chi connectivity index (χ1n) is 6.81. The van der Waals surface area contributed by atoms with Crippen LogP contribution >= 0.6 is 0 Å². The molecule has 0 saturated carbocycles. The number of rotatable bonds is 8. The van der Waals surface area contributed by atoms with E-state index in [0.29, 0.717) is 5.56 Å². The number of carbonyl (C=O) groups excluding carboxylic acids is 1. The van der Waals surface area contributed by atoms with Crippen molar-refractivity contribution in [2.45, 2.75) is 39.5 Å². The number of nitrogens with two attached hydrogens (primary N) is 1. The van der Waals surface area contributed by atoms with Gasteiger partial charge < -0.3 is 11.1 Å². The molecule has 18 heavy (non-hydrogen) atoms. The summed E-state index contributed by atoms with van der Waals surface area (Å²) in [6.07, 6.45) is 5.02. The Morgan fingerprint density at radius 3 is 2.44 bits per heavy atom. The van der Waals surface area contributed by atoms with Crippen LogP contribution in [0.25, 0.3) is 0 Å². The second-order valence-electron chi connectivity index (χ2n) is 4.74. The summed E-state index contributed by atoms with van der Waals surface area (Å²) in [4.78, 5) is 10.9. The number of unbranched alkanes of at least 4 members (excludes halogenated alkanes) is 1. The highest BCUT2D eigenvalue weighted by atomic mass is 16.1. The fraction of sp³-hybridized carbons (Fsp3) is 0.533. The fourth-order valence-corrected chi connectivity index (χ4v) is 1.96. The third kappa shape index (κ3) is 4.78. The first kappa shape index (κ1) is 14.6. The zero-order chi connectivity index (χ0) is 13.4. The summed E-state index contributed by atoms with van der Waals surface area (Å²) in [5.41, 5.74) is 6.81. The van der Waals surface area contributed by atoms with Crippen LogP contribution in [-0.4, -0.2) is 12.5 Å². The van der Waals surface area contributed by atoms with Crippen molar-refractivity contribution in [3.8, 4) is 0 Å². The van der Waals surface area contributed by atoms with E-state index in [1.807, 2.05) is 12.1 Å². The third-order valence-corrected chi connectivity index (χ3v) is 3.31. The second-order valence-corrected chi connectivity index (χ2v) is 4.74. The number of carbonyl (C=O) groups is 1. The summed E-state index contributed by atoms with van der Waals surface area (Å²) < 4.78 is 0. The molecule has 1 rings (SSSR count). The Morgan fingerprint density at radius 2 is 1.94 bits per heavy atom. The standard InChI is InChI=1S/C15H24N2O/c1-3-5-6-12(4-2)11-17-14-9-7-13(8-10-14)15(16)18/h7-10,12,17H,3-6,11H2,1-2H3,(H2,16,18). The van der Waals surface area contributed by atoms with Crippen LogP contribution in [0.5, 0.6) is 0 Å². The second kappa shape index (κ2) is 7.75. The molecule has 0 radical (unpaired) electrons. The lowest BCUT2D eigenvalue weighted by Crippen LogP contribution is -2.14. The zero-order valence-corrected chi connectivity index (χ0v) is 11.4. The maximum Gasteiger partial charge on any atom is 0.248 e. The number of hydrogen-bond acceptors (Lipinski definition) is 2. The average molecular weight is 248 g/mol. The molecule has 0 aliphatic carbocycles. The zero-order valence-electron chi connectivity index (χ0n) is 11.4. The molecule has 3 heteroatoms. The minimum atomic E-state index is -0.379. The number of amides is 1. The first-order valence-corrected chi connectivity index (χ1v) is 6.81. The molecule has 0 aromatic heterocycles. The lowest BCUT2D eigenvalue weighted by molar-refractivity contribution is 0.100. The largest absolute Gasteiger partial charge is 0.385 e. The van der Waals surface area contributed by atoms with Crippen LogP contribution < -0.4 is 11.1 Å². The predicted octanol–water partition coefficient (Wildman–Crippen LogP) is 3.41. The molecule has 0 heterocycles. The summed E-state index contributed by atoms with van der Waals surface area (Å²) in [5.74, 6) is 0.344. The highest BCUT2D eigenvalue weighted by Crippen LogP contribution is 2.15. The molecular weight excluding hydrogens is 224 g/mol. The van der Waals surface area contributed by atoms with Gasteiger partial charge in [0, 0.05) is 17.8 Å². The van der Waals surface area contributed by atoms with Crippen molar-refractivity contribution in [3.63, 3.8) is 0 Å². The van der Waals surface area contributed by atoms with Crippen molar-refractivity contribution in [2.24, 2.45) is 11.7 Å². The Labute approximate surface area is 110 Å². The maximum absolute atomic E-state index is 10.9. The van der Waals surface area contributed by atoms with Crippen LogP contribution in [0.15, 0.2) is 24.3 Å². The molecule has 1 amide bonds. The Morgan fingerprint density at radius 1 is 1.28 bits per heavy atom. The maximum atomic E-state index is 10.9. The number of primary amides is 1. The number of nitrogens with one attached hydrogen (secondary N) is 1. The van der Waals surface area contributed by atoms with Gasteiger partial charge in [-0.1, -0.05) is 33.1 Å². The van der Waals surface area contributed by atoms with Crippen LogP contribution in [0.2, 0.25) is 0 Å². The lowest BCUT2D eigenvalue weighted by Gasteiger charge is -2.16. The van der Waals surface area contributed by atoms with E-state index in [4.69, 9.17) is 5.73 Å². The Kier molecular flexibility index (Phi) is 6.26. The van der Waals surface area contributed by atoms with Gasteiger partial charge in [-0.2, -0.15) is 0 Å². The van der Waals surface area contributed by atoms with Crippen molar-refractivity contribution in [1.82, 2.24) is 0 Å². The van der Waals surface area contributed by atoms with Crippen molar-refractivity contribution >= 4 is 11.6 Å². The minimum absolute atomic E-state index is 0.379. The summed E-state index contributed by atoms with van der Waals surface area (Å²) in [6, 6.07) is 7.34. The van der Waals surface area contributed by atoms with Crippen molar-refractivity contribution < 1.29 is 4.79 Å². The van der Waals surface area contributed by atoms with Gasteiger partial charge in [0.15, 0.2) is 0 Å². The molecule has 0 fully saturated rings. The van der Waals surface area contributed by atoms with Gasteiger partial charge in [0.1, 0.15) is 0 Å². The van der Waals surface area contributed by atoms with E-state index in [2.05, 4.69) is 19.2 Å². The smallest absolute Gasteiger partial charge is 0.248 e. The molecule has 0 bridgehead atoms. The molecule has 3 nitrogen and oxygen atoms in total. The summed E-state index contributed by atoms with van der Waals surface area (Å²) in [5, 5.41) is 3.42. The highest BCUT2D eigenvalue weighted by molar-refractivity contribution is 5.93. The van der Waals surface area contributed by atoms with Crippen LogP contribution in [0.1, 0.15) is 49.9 Å². The minimum Gasteiger partial charge on any atom is -0.385 e. The number of anilines is 1. The number of hydrogen-bond donors (Lipinski definition) is 2. The SMILES string of the molecule is CCCCC(CC)CNc1ccc(C(N)=O)cc1. The van der Waals surface area contributed by atoms with Crippen LogP contribution in [-0.2, 0) is 0 Å². The van der Waals surface area contributed by atoms with E-state index < -0.39 is 0 Å². The highest BCUT2D eigenvalue weighted by Gasteiger charge is 2.05. The van der Waals surface area contributed by atoms with Crippen LogP contribution in [0, 0.1) is 5.92 Å². The summed E-state index contributed by atoms with van der Waals surface area (Å²) in [7, 11) is 0. The van der Waals surface area contributed by atoms with Gasteiger partial charge in [-0.3, -0.25) is 4.79 Å². The monoisotopic (exact) mass is 248 g/mol. The van der Waals surface area contributed by atoms with Gasteiger partial charge in [-0.25, -0.2) is 0 Å². The lowest BCUT2D eigenvalue weighted by atomic mass is 9.99. The van der Waals surface area contributed by atoms with E-state index >= 15 is 0 Å². The Balaban J connectivity index is 2.44. The van der Waals surface area contributed by atoms with Crippen molar-refractivity contribution in [3.05, 3.63) is 29.8 Å². The molecule has 1 aromatic carbocycles. The average Bonchev–Trinajstić information content (AvgIpc) is 2.39. The molecule has 3 N–H and O–H groups in total. The molecule has 0 saturated heterocycles. The predicted molar refractivity (Wildman–Crippen MR) is 76.8 cm³/mol. The molecule has 0 spiro atoms. The van der Waals surface area contributed by atoms with Crippen molar-refractivity contribution in [1.29, 1.82) is 0 Å². The summed E-state index contributed by atoms with van der Waals surface area (Å²) >= 11 is 0. The molecule has 100 valence electrons. The van der Waals surface area contributed by atoms with Gasteiger partial charge >= 0.3 is 0 Å². The number of benzene rings is 1. The van der Waals surface area contributed by atoms with E-state index in [-0.39, 0.29) is 5.91 Å². The van der Waals surface area contributed by atoms with E-state index in [0.717, 1.165) is 18.2 Å². The molecular formula is C15H24N2O. The molecule has 1 aromatic rings. The quantitative estimate of drug-likeness (QED) is 0.740. The van der Waals surface area contributed by atoms with Gasteiger partial charge in [-0.05, 0) is 36.6 Å². The van der Waals surface area contributed by atoms with Gasteiger partial charge in [-0.15, -0.1) is 0 Å².